The van der Waals surface area contributed by atoms with Gasteiger partial charge in [0.25, 0.3) is 5.91 Å². The van der Waals surface area contributed by atoms with Crippen molar-refractivity contribution in [3.05, 3.63) is 56.8 Å². The number of hydrogen-bond acceptors (Lipinski definition) is 4. The van der Waals surface area contributed by atoms with Crippen LogP contribution in [0.4, 0.5) is 0 Å². The average molecular weight is 331 g/mol. The maximum absolute atomic E-state index is 12.0. The number of nitrogens with one attached hydrogen (secondary N) is 1. The lowest BCUT2D eigenvalue weighted by Gasteiger charge is -2.08. The molecular formula is C18H21NO3S. The molecule has 1 heterocycles. The highest BCUT2D eigenvalue weighted by atomic mass is 32.1. The number of esters is 1. The minimum Gasteiger partial charge on any atom is -0.451 e. The highest BCUT2D eigenvalue weighted by molar-refractivity contribution is 7.14. The van der Waals surface area contributed by atoms with Crippen LogP contribution in [0.3, 0.4) is 0 Å². The molecule has 1 aromatic heterocycles. The Morgan fingerprint density at radius 3 is 2.57 bits per heavy atom. The van der Waals surface area contributed by atoms with E-state index in [9.17, 15) is 9.59 Å². The van der Waals surface area contributed by atoms with Gasteiger partial charge in [0.2, 0.25) is 0 Å². The molecule has 0 saturated carbocycles. The van der Waals surface area contributed by atoms with Crippen LogP contribution in [0.1, 0.15) is 38.2 Å². The molecule has 0 atom stereocenters. The fourth-order valence-electron chi connectivity index (χ4n) is 2.23. The molecule has 2 aromatic rings. The molecule has 0 spiro atoms. The van der Waals surface area contributed by atoms with E-state index in [0.717, 1.165) is 28.0 Å². The third-order valence-corrected chi connectivity index (χ3v) is 4.75. The maximum atomic E-state index is 12.0. The number of ether oxygens (including phenoxy) is 1. The number of carbonyl (C=O) groups excluding carboxylic acids is 2. The smallest absolute Gasteiger partial charge is 0.348 e. The molecule has 0 unspecified atom stereocenters. The number of aryl methyl sites for hydroxylation is 3. The van der Waals surface area contributed by atoms with Crippen molar-refractivity contribution in [2.45, 2.75) is 33.7 Å². The molecule has 0 bridgehead atoms. The van der Waals surface area contributed by atoms with Gasteiger partial charge in [-0.1, -0.05) is 31.2 Å². The van der Waals surface area contributed by atoms with Crippen molar-refractivity contribution in [2.24, 2.45) is 0 Å². The highest BCUT2D eigenvalue weighted by Crippen LogP contribution is 2.22. The van der Waals surface area contributed by atoms with Crippen molar-refractivity contribution in [1.82, 2.24) is 5.32 Å². The predicted octanol–water partition coefficient (Wildman–Crippen LogP) is 3.40. The van der Waals surface area contributed by atoms with Gasteiger partial charge in [-0.15, -0.1) is 11.3 Å². The van der Waals surface area contributed by atoms with Crippen LogP contribution in [0.5, 0.6) is 0 Å². The third kappa shape index (κ3) is 4.66. The molecule has 2 rings (SSSR count). The lowest BCUT2D eigenvalue weighted by atomic mass is 10.1. The Hall–Kier alpha value is -2.14. The summed E-state index contributed by atoms with van der Waals surface area (Å²) < 4.78 is 5.08. The van der Waals surface area contributed by atoms with Gasteiger partial charge >= 0.3 is 5.97 Å². The van der Waals surface area contributed by atoms with E-state index >= 15 is 0 Å². The van der Waals surface area contributed by atoms with Crippen LogP contribution >= 0.6 is 11.3 Å². The number of hydrogen-bond donors (Lipinski definition) is 1. The Balaban J connectivity index is 1.82. The standard InChI is InChI=1S/C18H21NO3S/c1-4-14-9-16(23-13(14)3)18(21)22-11-17(20)19-10-15-8-6-5-7-12(15)2/h5-9H,4,10-11H2,1-3H3,(H,19,20). The van der Waals surface area contributed by atoms with Gasteiger partial charge in [-0.25, -0.2) is 4.79 Å². The van der Waals surface area contributed by atoms with Crippen molar-refractivity contribution in [2.75, 3.05) is 6.61 Å². The van der Waals surface area contributed by atoms with Gasteiger partial charge < -0.3 is 10.1 Å². The zero-order chi connectivity index (χ0) is 16.8. The van der Waals surface area contributed by atoms with Crippen molar-refractivity contribution >= 4 is 23.2 Å². The maximum Gasteiger partial charge on any atom is 0.348 e. The van der Waals surface area contributed by atoms with Crippen LogP contribution in [-0.2, 0) is 22.5 Å². The van der Waals surface area contributed by atoms with Crippen LogP contribution in [0.25, 0.3) is 0 Å². The van der Waals surface area contributed by atoms with Crippen LogP contribution < -0.4 is 5.32 Å². The molecule has 1 N–H and O–H groups in total. The zero-order valence-corrected chi connectivity index (χ0v) is 14.5. The largest absolute Gasteiger partial charge is 0.451 e. The zero-order valence-electron chi connectivity index (χ0n) is 13.6. The van der Waals surface area contributed by atoms with Gasteiger partial charge in [0.05, 0.1) is 0 Å². The fraction of sp³-hybridized carbons (Fsp3) is 0.333. The average Bonchev–Trinajstić information content (AvgIpc) is 2.93. The molecule has 0 radical (unpaired) electrons. The topological polar surface area (TPSA) is 55.4 Å². The Morgan fingerprint density at radius 1 is 1.17 bits per heavy atom. The summed E-state index contributed by atoms with van der Waals surface area (Å²) in [5.41, 5.74) is 3.31. The quantitative estimate of drug-likeness (QED) is 0.826. The van der Waals surface area contributed by atoms with Crippen molar-refractivity contribution < 1.29 is 14.3 Å². The Labute approximate surface area is 140 Å². The molecule has 1 amide bonds. The lowest BCUT2D eigenvalue weighted by molar-refractivity contribution is -0.124. The second-order valence-corrected chi connectivity index (χ2v) is 6.58. The van der Waals surface area contributed by atoms with Crippen molar-refractivity contribution in [3.63, 3.8) is 0 Å². The van der Waals surface area contributed by atoms with Gasteiger partial charge in [0.1, 0.15) is 4.88 Å². The molecule has 5 heteroatoms. The molecule has 0 aliphatic rings. The summed E-state index contributed by atoms with van der Waals surface area (Å²) in [5.74, 6) is -0.741. The summed E-state index contributed by atoms with van der Waals surface area (Å²) in [6.07, 6.45) is 0.881. The number of rotatable bonds is 6. The molecule has 23 heavy (non-hydrogen) atoms. The first-order valence-corrected chi connectivity index (χ1v) is 8.40. The second kappa shape index (κ2) is 7.92. The first-order chi connectivity index (χ1) is 11.0. The Morgan fingerprint density at radius 2 is 1.91 bits per heavy atom. The normalized spacial score (nSPS) is 10.4. The van der Waals surface area contributed by atoms with E-state index in [0.29, 0.717) is 11.4 Å². The molecule has 4 nitrogen and oxygen atoms in total. The van der Waals surface area contributed by atoms with E-state index in [1.54, 1.807) is 0 Å². The third-order valence-electron chi connectivity index (χ3n) is 3.67. The van der Waals surface area contributed by atoms with Crippen molar-refractivity contribution in [3.8, 4) is 0 Å². The van der Waals surface area contributed by atoms with E-state index in [4.69, 9.17) is 4.74 Å². The van der Waals surface area contributed by atoms with E-state index in [-0.39, 0.29) is 12.5 Å². The molecule has 0 aliphatic heterocycles. The van der Waals surface area contributed by atoms with Crippen LogP contribution in [0.2, 0.25) is 0 Å². The number of thiophene rings is 1. The lowest BCUT2D eigenvalue weighted by Crippen LogP contribution is -2.28. The van der Waals surface area contributed by atoms with Crippen LogP contribution in [-0.4, -0.2) is 18.5 Å². The van der Waals surface area contributed by atoms with Crippen molar-refractivity contribution in [1.29, 1.82) is 0 Å². The first-order valence-electron chi connectivity index (χ1n) is 7.59. The molecule has 1 aromatic carbocycles. The number of carbonyl (C=O) groups is 2. The first kappa shape index (κ1) is 17.2. The highest BCUT2D eigenvalue weighted by Gasteiger charge is 2.14. The predicted molar refractivity (Wildman–Crippen MR) is 91.7 cm³/mol. The fourth-order valence-corrected chi connectivity index (χ4v) is 3.23. The van der Waals surface area contributed by atoms with Gasteiger partial charge in [-0.3, -0.25) is 4.79 Å². The van der Waals surface area contributed by atoms with E-state index < -0.39 is 5.97 Å². The number of benzene rings is 1. The van der Waals surface area contributed by atoms with E-state index in [1.807, 2.05) is 51.1 Å². The minimum absolute atomic E-state index is 0.261. The van der Waals surface area contributed by atoms with Gasteiger partial charge in [0, 0.05) is 11.4 Å². The summed E-state index contributed by atoms with van der Waals surface area (Å²) in [6, 6.07) is 9.68. The summed E-state index contributed by atoms with van der Waals surface area (Å²) in [7, 11) is 0. The Kier molecular flexibility index (Phi) is 5.93. The van der Waals surface area contributed by atoms with Gasteiger partial charge in [-0.2, -0.15) is 0 Å². The van der Waals surface area contributed by atoms with Crippen LogP contribution in [0, 0.1) is 13.8 Å². The Bertz CT molecular complexity index is 706. The van der Waals surface area contributed by atoms with Gasteiger partial charge in [0.15, 0.2) is 6.61 Å². The molecule has 0 saturated heterocycles. The summed E-state index contributed by atoms with van der Waals surface area (Å²) in [6.45, 7) is 6.19. The van der Waals surface area contributed by atoms with E-state index in [1.165, 1.54) is 11.3 Å². The second-order valence-electron chi connectivity index (χ2n) is 5.32. The van der Waals surface area contributed by atoms with Crippen LogP contribution in [0.15, 0.2) is 30.3 Å². The molecular weight excluding hydrogens is 310 g/mol. The SMILES string of the molecule is CCc1cc(C(=O)OCC(=O)NCc2ccccc2C)sc1C. The monoisotopic (exact) mass is 331 g/mol. The van der Waals surface area contributed by atoms with Gasteiger partial charge in [-0.05, 0) is 43.0 Å². The molecule has 0 fully saturated rings. The van der Waals surface area contributed by atoms with E-state index in [2.05, 4.69) is 5.32 Å². The minimum atomic E-state index is -0.441. The molecule has 0 aliphatic carbocycles. The summed E-state index contributed by atoms with van der Waals surface area (Å²) in [4.78, 5) is 25.4. The summed E-state index contributed by atoms with van der Waals surface area (Å²) >= 11 is 1.40. The number of amides is 1. The summed E-state index contributed by atoms with van der Waals surface area (Å²) in [5, 5.41) is 2.76. The molecule has 122 valence electrons.